The topological polar surface area (TPSA) is 18.5 Å². The summed E-state index contributed by atoms with van der Waals surface area (Å²) in [5, 5.41) is 0. The summed E-state index contributed by atoms with van der Waals surface area (Å²) in [6.45, 7) is 19.9. The zero-order chi connectivity index (χ0) is 29.7. The van der Waals surface area contributed by atoms with Gasteiger partial charge in [0.05, 0.1) is 13.2 Å². The fourth-order valence-electron chi connectivity index (χ4n) is 5.51. The van der Waals surface area contributed by atoms with Crippen molar-refractivity contribution in [1.82, 2.24) is 0 Å². The molecule has 1 rings (SSSR count). The van der Waals surface area contributed by atoms with E-state index in [0.29, 0.717) is 0 Å². The van der Waals surface area contributed by atoms with Crippen molar-refractivity contribution in [2.75, 3.05) is 13.2 Å². The van der Waals surface area contributed by atoms with Crippen molar-refractivity contribution < 1.29 is 9.47 Å². The number of hydrogen-bond acceptors (Lipinski definition) is 2. The Morgan fingerprint density at radius 1 is 0.400 bits per heavy atom. The van der Waals surface area contributed by atoms with Gasteiger partial charge >= 0.3 is 0 Å². The number of unbranched alkanes of at least 4 members (excludes halogenated alkanes) is 18. The number of benzene rings is 1. The predicted molar refractivity (Wildman–Crippen MR) is 179 cm³/mol. The molecule has 0 fully saturated rings. The van der Waals surface area contributed by atoms with Crippen LogP contribution in [-0.4, -0.2) is 13.2 Å². The van der Waals surface area contributed by atoms with Crippen LogP contribution in [0.2, 0.25) is 0 Å². The highest BCUT2D eigenvalue weighted by atomic mass is 16.5. The third-order valence-electron chi connectivity index (χ3n) is 8.21. The lowest BCUT2D eigenvalue weighted by Crippen LogP contribution is -2.19. The minimum Gasteiger partial charge on any atom is -0.493 e. The minimum absolute atomic E-state index is 0.0127. The minimum atomic E-state index is 0.0127. The fourth-order valence-corrected chi connectivity index (χ4v) is 5.51. The summed E-state index contributed by atoms with van der Waals surface area (Å²) in [5.41, 5.74) is 2.56. The first-order valence-electron chi connectivity index (χ1n) is 17.6. The number of hydrogen-bond donors (Lipinski definition) is 0. The first-order chi connectivity index (χ1) is 19.1. The predicted octanol–water partition coefficient (Wildman–Crippen LogP) is 12.9. The summed E-state index contributed by atoms with van der Waals surface area (Å²) >= 11 is 0. The van der Waals surface area contributed by atoms with Crippen LogP contribution in [0.1, 0.15) is 195 Å². The molecular formula is C38H70O2. The number of rotatable bonds is 24. The van der Waals surface area contributed by atoms with E-state index in [4.69, 9.17) is 9.47 Å². The molecule has 0 amide bonds. The second-order valence-electron chi connectivity index (χ2n) is 14.4. The van der Waals surface area contributed by atoms with E-state index in [2.05, 4.69) is 67.5 Å². The van der Waals surface area contributed by atoms with Crippen LogP contribution in [0.3, 0.4) is 0 Å². The Bertz CT molecular complexity index is 673. The average molecular weight is 559 g/mol. The molecule has 0 N–H and O–H groups in total. The molecule has 40 heavy (non-hydrogen) atoms. The van der Waals surface area contributed by atoms with Gasteiger partial charge in [-0.25, -0.2) is 0 Å². The lowest BCUT2D eigenvalue weighted by molar-refractivity contribution is 0.283. The van der Waals surface area contributed by atoms with Crippen molar-refractivity contribution >= 4 is 0 Å². The lowest BCUT2D eigenvalue weighted by Gasteiger charge is -2.29. The Balaban J connectivity index is 2.56. The second-order valence-corrected chi connectivity index (χ2v) is 14.4. The van der Waals surface area contributed by atoms with E-state index in [9.17, 15) is 0 Å². The van der Waals surface area contributed by atoms with Crippen molar-refractivity contribution in [3.63, 3.8) is 0 Å². The Hall–Kier alpha value is -1.18. The molecule has 2 heteroatoms. The molecule has 0 heterocycles. The van der Waals surface area contributed by atoms with Gasteiger partial charge in [-0.05, 0) is 35.8 Å². The van der Waals surface area contributed by atoms with Gasteiger partial charge in [-0.15, -0.1) is 0 Å². The summed E-state index contributed by atoms with van der Waals surface area (Å²) in [6, 6.07) is 4.59. The monoisotopic (exact) mass is 559 g/mol. The molecule has 2 nitrogen and oxygen atoms in total. The van der Waals surface area contributed by atoms with Crippen molar-refractivity contribution in [2.45, 2.75) is 195 Å². The third kappa shape index (κ3) is 16.9. The zero-order valence-corrected chi connectivity index (χ0v) is 28.5. The van der Waals surface area contributed by atoms with Gasteiger partial charge in [-0.3, -0.25) is 0 Å². The molecule has 1 aromatic rings. The Morgan fingerprint density at radius 3 is 0.900 bits per heavy atom. The Kier molecular flexibility index (Phi) is 19.8. The van der Waals surface area contributed by atoms with E-state index in [1.54, 1.807) is 0 Å². The van der Waals surface area contributed by atoms with Crippen LogP contribution in [0.5, 0.6) is 11.5 Å². The first kappa shape index (κ1) is 36.8. The van der Waals surface area contributed by atoms with Crippen LogP contribution in [0.25, 0.3) is 0 Å². The van der Waals surface area contributed by atoms with E-state index in [1.807, 2.05) is 0 Å². The summed E-state index contributed by atoms with van der Waals surface area (Å²) in [6.07, 6.45) is 27.0. The summed E-state index contributed by atoms with van der Waals surface area (Å²) < 4.78 is 13.0. The van der Waals surface area contributed by atoms with Crippen LogP contribution in [0, 0.1) is 0 Å². The van der Waals surface area contributed by atoms with Crippen molar-refractivity contribution in [2.24, 2.45) is 0 Å². The maximum atomic E-state index is 6.48. The quantitative estimate of drug-likeness (QED) is 0.117. The van der Waals surface area contributed by atoms with E-state index >= 15 is 0 Å². The van der Waals surface area contributed by atoms with Gasteiger partial charge in [-0.2, -0.15) is 0 Å². The van der Waals surface area contributed by atoms with Crippen LogP contribution < -0.4 is 9.47 Å². The Morgan fingerprint density at radius 2 is 0.650 bits per heavy atom. The molecule has 0 aromatic heterocycles. The van der Waals surface area contributed by atoms with Crippen LogP contribution >= 0.6 is 0 Å². The molecule has 0 saturated heterocycles. The second kappa shape index (κ2) is 21.5. The van der Waals surface area contributed by atoms with E-state index < -0.39 is 0 Å². The van der Waals surface area contributed by atoms with Gasteiger partial charge in [0.15, 0.2) is 0 Å². The van der Waals surface area contributed by atoms with Crippen LogP contribution in [0.4, 0.5) is 0 Å². The standard InChI is InChI=1S/C38H70O2/c1-9-11-13-15-17-19-21-23-25-27-29-39-35-31-34(38(6,7)8)36(32-33(35)37(3,4)5)40-30-28-26-24-22-20-18-16-14-12-10-2/h31-32H,9-30H2,1-8H3. The van der Waals surface area contributed by atoms with Crippen molar-refractivity contribution in [3.8, 4) is 11.5 Å². The molecule has 0 unspecified atom stereocenters. The summed E-state index contributed by atoms with van der Waals surface area (Å²) in [5.74, 6) is 2.11. The molecule has 0 aliphatic carbocycles. The SMILES string of the molecule is CCCCCCCCCCCCOc1cc(C(C)(C)C)c(OCCCCCCCCCCCC)cc1C(C)(C)C. The summed E-state index contributed by atoms with van der Waals surface area (Å²) in [7, 11) is 0. The van der Waals surface area contributed by atoms with Gasteiger partial charge in [0.2, 0.25) is 0 Å². The van der Waals surface area contributed by atoms with Gasteiger partial charge in [-0.1, -0.05) is 171 Å². The summed E-state index contributed by atoms with van der Waals surface area (Å²) in [4.78, 5) is 0. The molecule has 0 aliphatic rings. The molecule has 234 valence electrons. The maximum Gasteiger partial charge on any atom is 0.123 e. The van der Waals surface area contributed by atoms with Gasteiger partial charge < -0.3 is 9.47 Å². The highest BCUT2D eigenvalue weighted by Crippen LogP contribution is 2.41. The third-order valence-corrected chi connectivity index (χ3v) is 8.21. The zero-order valence-electron chi connectivity index (χ0n) is 28.5. The molecule has 0 radical (unpaired) electrons. The molecule has 0 bridgehead atoms. The molecular weight excluding hydrogens is 488 g/mol. The molecule has 0 spiro atoms. The largest absolute Gasteiger partial charge is 0.493 e. The Labute approximate surface area is 251 Å². The molecule has 0 atom stereocenters. The smallest absolute Gasteiger partial charge is 0.123 e. The van der Waals surface area contributed by atoms with Gasteiger partial charge in [0.25, 0.3) is 0 Å². The molecule has 1 aromatic carbocycles. The van der Waals surface area contributed by atoms with E-state index in [0.717, 1.165) is 37.6 Å². The normalized spacial score (nSPS) is 12.2. The van der Waals surface area contributed by atoms with E-state index in [-0.39, 0.29) is 10.8 Å². The van der Waals surface area contributed by atoms with Crippen molar-refractivity contribution in [3.05, 3.63) is 23.3 Å². The number of ether oxygens (including phenoxy) is 2. The fraction of sp³-hybridized carbons (Fsp3) is 0.842. The van der Waals surface area contributed by atoms with E-state index in [1.165, 1.54) is 127 Å². The average Bonchev–Trinajstić information content (AvgIpc) is 2.89. The molecule has 0 saturated carbocycles. The van der Waals surface area contributed by atoms with Crippen LogP contribution in [-0.2, 0) is 10.8 Å². The van der Waals surface area contributed by atoms with Gasteiger partial charge in [0.1, 0.15) is 11.5 Å². The lowest BCUT2D eigenvalue weighted by atomic mass is 9.81. The molecule has 0 aliphatic heterocycles. The first-order valence-corrected chi connectivity index (χ1v) is 17.6. The maximum absolute atomic E-state index is 6.48. The highest BCUT2D eigenvalue weighted by Gasteiger charge is 2.26. The highest BCUT2D eigenvalue weighted by molar-refractivity contribution is 5.51. The van der Waals surface area contributed by atoms with Crippen molar-refractivity contribution in [1.29, 1.82) is 0 Å². The van der Waals surface area contributed by atoms with Gasteiger partial charge in [0, 0.05) is 11.1 Å². The van der Waals surface area contributed by atoms with Crippen LogP contribution in [0.15, 0.2) is 12.1 Å².